The molecule has 2 aromatic carbocycles. The van der Waals surface area contributed by atoms with Crippen LogP contribution in [0.5, 0.6) is 0 Å². The maximum atomic E-state index is 12.9. The van der Waals surface area contributed by atoms with Crippen molar-refractivity contribution >= 4 is 16.9 Å². The number of methoxy groups -OCH3 is 1. The van der Waals surface area contributed by atoms with Crippen molar-refractivity contribution in [3.63, 3.8) is 0 Å². The highest BCUT2D eigenvalue weighted by Gasteiger charge is 2.14. The molecule has 2 aromatic heterocycles. The van der Waals surface area contributed by atoms with Gasteiger partial charge in [-0.1, -0.05) is 35.9 Å². The van der Waals surface area contributed by atoms with Crippen molar-refractivity contribution in [3.8, 4) is 11.1 Å². The number of ether oxygens (including phenoxy) is 1. The first-order chi connectivity index (χ1) is 13.5. The van der Waals surface area contributed by atoms with Gasteiger partial charge in [-0.3, -0.25) is 9.36 Å². The zero-order valence-corrected chi connectivity index (χ0v) is 15.4. The molecule has 4 rings (SSSR count). The van der Waals surface area contributed by atoms with E-state index >= 15 is 0 Å². The van der Waals surface area contributed by atoms with Crippen LogP contribution in [0.25, 0.3) is 22.0 Å². The predicted octanol–water partition coefficient (Wildman–Crippen LogP) is 3.19. The molecule has 0 saturated heterocycles. The van der Waals surface area contributed by atoms with Crippen molar-refractivity contribution in [2.24, 2.45) is 0 Å². The van der Waals surface area contributed by atoms with Crippen LogP contribution in [0.15, 0.2) is 64.3 Å². The molecule has 0 unspecified atom stereocenters. The summed E-state index contributed by atoms with van der Waals surface area (Å²) in [6.45, 7) is 2.09. The van der Waals surface area contributed by atoms with Crippen molar-refractivity contribution in [1.29, 1.82) is 0 Å². The summed E-state index contributed by atoms with van der Waals surface area (Å²) in [6.07, 6.45) is 2.65. The van der Waals surface area contributed by atoms with Crippen LogP contribution in [0, 0.1) is 6.92 Å². The van der Waals surface area contributed by atoms with E-state index in [-0.39, 0.29) is 23.7 Å². The minimum atomic E-state index is -0.596. The number of aromatic nitrogens is 3. The summed E-state index contributed by atoms with van der Waals surface area (Å²) in [5, 5.41) is 0.500. The Morgan fingerprint density at radius 2 is 1.89 bits per heavy atom. The van der Waals surface area contributed by atoms with E-state index in [2.05, 4.69) is 14.7 Å². The molecule has 0 atom stereocenters. The molecule has 0 aliphatic rings. The molecule has 140 valence electrons. The molecule has 0 fully saturated rings. The number of esters is 1. The van der Waals surface area contributed by atoms with E-state index in [0.29, 0.717) is 10.9 Å². The maximum Gasteiger partial charge on any atom is 0.360 e. The molecular formula is C21H17N3O4. The van der Waals surface area contributed by atoms with Gasteiger partial charge >= 0.3 is 5.97 Å². The Kier molecular flexibility index (Phi) is 4.49. The van der Waals surface area contributed by atoms with E-state index in [4.69, 9.17) is 4.42 Å². The Morgan fingerprint density at radius 1 is 1.14 bits per heavy atom. The number of rotatable bonds is 4. The first kappa shape index (κ1) is 17.7. The first-order valence-electron chi connectivity index (χ1n) is 8.64. The minimum absolute atomic E-state index is 0.0564. The third-order valence-corrected chi connectivity index (χ3v) is 4.46. The lowest BCUT2D eigenvalue weighted by molar-refractivity contribution is 0.0594. The monoisotopic (exact) mass is 375 g/mol. The van der Waals surface area contributed by atoms with Crippen molar-refractivity contribution in [2.75, 3.05) is 7.11 Å². The van der Waals surface area contributed by atoms with E-state index in [0.717, 1.165) is 11.1 Å². The second-order valence-electron chi connectivity index (χ2n) is 6.39. The number of hydrogen-bond acceptors (Lipinski definition) is 6. The number of aryl methyl sites for hydroxylation is 1. The molecule has 0 aliphatic heterocycles. The minimum Gasteiger partial charge on any atom is -0.464 e. The summed E-state index contributed by atoms with van der Waals surface area (Å²) < 4.78 is 11.3. The molecule has 0 aliphatic carbocycles. The fraction of sp³-hybridized carbons (Fsp3) is 0.143. The largest absolute Gasteiger partial charge is 0.464 e. The molecule has 7 nitrogen and oxygen atoms in total. The van der Waals surface area contributed by atoms with E-state index in [1.54, 1.807) is 0 Å². The van der Waals surface area contributed by atoms with Gasteiger partial charge < -0.3 is 9.15 Å². The van der Waals surface area contributed by atoms with Crippen LogP contribution in [0.1, 0.15) is 21.9 Å². The molecule has 0 bridgehead atoms. The molecule has 0 spiro atoms. The fourth-order valence-corrected chi connectivity index (χ4v) is 2.92. The lowest BCUT2D eigenvalue weighted by atomic mass is 10.0. The van der Waals surface area contributed by atoms with Crippen LogP contribution in [0.3, 0.4) is 0 Å². The van der Waals surface area contributed by atoms with Crippen LogP contribution in [-0.2, 0) is 11.3 Å². The average molecular weight is 375 g/mol. The topological polar surface area (TPSA) is 87.2 Å². The maximum absolute atomic E-state index is 12.9. The standard InChI is InChI=1S/C21H17N3O4/c1-13-3-5-14(6-4-13)15-7-8-17-16(9-15)20(25)24(12-22-17)10-19-23-18(11-28-19)21(26)27-2/h3-9,11-12H,10H2,1-2H3. The number of benzene rings is 2. The van der Waals surface area contributed by atoms with Gasteiger partial charge in [0.25, 0.3) is 5.56 Å². The van der Waals surface area contributed by atoms with E-state index in [9.17, 15) is 9.59 Å². The van der Waals surface area contributed by atoms with Gasteiger partial charge in [0.2, 0.25) is 5.89 Å². The highest BCUT2D eigenvalue weighted by atomic mass is 16.5. The normalized spacial score (nSPS) is 10.9. The second-order valence-corrected chi connectivity index (χ2v) is 6.39. The summed E-state index contributed by atoms with van der Waals surface area (Å²) in [6, 6.07) is 13.7. The number of fused-ring (bicyclic) bond motifs is 1. The molecule has 0 radical (unpaired) electrons. The smallest absolute Gasteiger partial charge is 0.360 e. The Balaban J connectivity index is 1.71. The molecule has 28 heavy (non-hydrogen) atoms. The highest BCUT2D eigenvalue weighted by Crippen LogP contribution is 2.22. The van der Waals surface area contributed by atoms with Crippen molar-refractivity contribution in [2.45, 2.75) is 13.5 Å². The Bertz CT molecular complexity index is 1220. The van der Waals surface area contributed by atoms with Gasteiger partial charge in [0, 0.05) is 0 Å². The quantitative estimate of drug-likeness (QED) is 0.509. The zero-order chi connectivity index (χ0) is 19.7. The highest BCUT2D eigenvalue weighted by molar-refractivity contribution is 5.86. The summed E-state index contributed by atoms with van der Waals surface area (Å²) >= 11 is 0. The summed E-state index contributed by atoms with van der Waals surface area (Å²) in [5.74, 6) is -0.375. The molecule has 0 amide bonds. The molecule has 4 aromatic rings. The van der Waals surface area contributed by atoms with Gasteiger partial charge in [-0.2, -0.15) is 0 Å². The van der Waals surface area contributed by atoms with E-state index < -0.39 is 5.97 Å². The third kappa shape index (κ3) is 3.29. The molecule has 0 saturated carbocycles. The zero-order valence-electron chi connectivity index (χ0n) is 15.4. The van der Waals surface area contributed by atoms with Gasteiger partial charge in [0.1, 0.15) is 12.8 Å². The Hall–Kier alpha value is -3.74. The molecule has 0 N–H and O–H groups in total. The SMILES string of the molecule is COC(=O)c1coc(Cn2cnc3ccc(-c4ccc(C)cc4)cc3c2=O)n1. The van der Waals surface area contributed by atoms with Gasteiger partial charge in [-0.25, -0.2) is 14.8 Å². The van der Waals surface area contributed by atoms with Gasteiger partial charge in [-0.05, 0) is 30.2 Å². The molecular weight excluding hydrogens is 358 g/mol. The van der Waals surface area contributed by atoms with Crippen LogP contribution >= 0.6 is 0 Å². The van der Waals surface area contributed by atoms with Gasteiger partial charge in [0.05, 0.1) is 24.3 Å². The number of carbonyl (C=O) groups excluding carboxylic acids is 1. The fourth-order valence-electron chi connectivity index (χ4n) is 2.92. The van der Waals surface area contributed by atoms with Crippen LogP contribution in [0.2, 0.25) is 0 Å². The number of hydrogen-bond donors (Lipinski definition) is 0. The second kappa shape index (κ2) is 7.11. The van der Waals surface area contributed by atoms with Crippen LogP contribution in [-0.4, -0.2) is 27.6 Å². The van der Waals surface area contributed by atoms with E-state index in [1.165, 1.54) is 29.8 Å². The first-order valence-corrected chi connectivity index (χ1v) is 8.64. The predicted molar refractivity (Wildman–Crippen MR) is 103 cm³/mol. The molecule has 7 heteroatoms. The lowest BCUT2D eigenvalue weighted by Crippen LogP contribution is -2.21. The van der Waals surface area contributed by atoms with Crippen molar-refractivity contribution in [1.82, 2.24) is 14.5 Å². The average Bonchev–Trinajstić information content (AvgIpc) is 3.18. The van der Waals surface area contributed by atoms with Crippen molar-refractivity contribution in [3.05, 3.63) is 82.6 Å². The number of oxazole rings is 1. The van der Waals surface area contributed by atoms with Crippen molar-refractivity contribution < 1.29 is 13.9 Å². The third-order valence-electron chi connectivity index (χ3n) is 4.46. The summed E-state index contributed by atoms with van der Waals surface area (Å²) in [4.78, 5) is 32.8. The van der Waals surface area contributed by atoms with Crippen LogP contribution < -0.4 is 5.56 Å². The van der Waals surface area contributed by atoms with Gasteiger partial charge in [0.15, 0.2) is 5.69 Å². The number of nitrogens with zero attached hydrogens (tertiary/aromatic N) is 3. The van der Waals surface area contributed by atoms with Crippen LogP contribution in [0.4, 0.5) is 0 Å². The number of carbonyl (C=O) groups is 1. The Labute approximate surface area is 160 Å². The molecule has 2 heterocycles. The van der Waals surface area contributed by atoms with Gasteiger partial charge in [-0.15, -0.1) is 0 Å². The summed E-state index contributed by atoms with van der Waals surface area (Å²) in [7, 11) is 1.26. The Morgan fingerprint density at radius 3 is 2.64 bits per heavy atom. The lowest BCUT2D eigenvalue weighted by Gasteiger charge is -2.07. The van der Waals surface area contributed by atoms with E-state index in [1.807, 2.05) is 49.4 Å². The summed E-state index contributed by atoms with van der Waals surface area (Å²) in [5.41, 5.74) is 3.59.